The molecule has 0 radical (unpaired) electrons. The fourth-order valence-corrected chi connectivity index (χ4v) is 1.91. The molecule has 0 aliphatic heterocycles. The monoisotopic (exact) mass is 177 g/mol. The van der Waals surface area contributed by atoms with Gasteiger partial charge in [0.2, 0.25) is 0 Å². The van der Waals surface area contributed by atoms with E-state index in [1.54, 1.807) is 0 Å². The number of nitrogens with two attached hydrogens (primary N) is 1. The number of rotatable bonds is 1. The number of benzene rings is 1. The molecule has 0 amide bonds. The standard InChI is InChI=1S/C10H11NO2/c11-9-5-8(10(12)13)6-3-1-2-4-7(6)9/h1-4,8-9H,5,11H2,(H,12,13). The minimum Gasteiger partial charge on any atom is -0.481 e. The zero-order chi connectivity index (χ0) is 9.42. The molecule has 68 valence electrons. The summed E-state index contributed by atoms with van der Waals surface area (Å²) >= 11 is 0. The molecular formula is C10H11NO2. The van der Waals surface area contributed by atoms with E-state index >= 15 is 0 Å². The van der Waals surface area contributed by atoms with Gasteiger partial charge in [0.15, 0.2) is 0 Å². The molecule has 2 atom stereocenters. The third kappa shape index (κ3) is 1.21. The summed E-state index contributed by atoms with van der Waals surface area (Å²) in [7, 11) is 0. The normalized spacial score (nSPS) is 25.6. The van der Waals surface area contributed by atoms with Crippen molar-refractivity contribution in [1.29, 1.82) is 0 Å². The number of hydrogen-bond acceptors (Lipinski definition) is 2. The number of carboxylic acid groups (broad SMARTS) is 1. The van der Waals surface area contributed by atoms with Crippen molar-refractivity contribution in [2.24, 2.45) is 5.73 Å². The Kier molecular flexibility index (Phi) is 1.81. The third-order valence-electron chi connectivity index (χ3n) is 2.56. The van der Waals surface area contributed by atoms with E-state index < -0.39 is 11.9 Å². The molecule has 0 heterocycles. The van der Waals surface area contributed by atoms with Crippen molar-refractivity contribution in [2.45, 2.75) is 18.4 Å². The zero-order valence-electron chi connectivity index (χ0n) is 7.10. The number of fused-ring (bicyclic) bond motifs is 1. The first-order valence-corrected chi connectivity index (χ1v) is 4.27. The fourth-order valence-electron chi connectivity index (χ4n) is 1.91. The van der Waals surface area contributed by atoms with Gasteiger partial charge < -0.3 is 10.8 Å². The van der Waals surface area contributed by atoms with E-state index in [4.69, 9.17) is 10.8 Å². The summed E-state index contributed by atoms with van der Waals surface area (Å²) in [6.45, 7) is 0. The molecule has 1 aromatic rings. The first kappa shape index (κ1) is 8.26. The van der Waals surface area contributed by atoms with Crippen molar-refractivity contribution >= 4 is 5.97 Å². The lowest BCUT2D eigenvalue weighted by atomic mass is 10.0. The summed E-state index contributed by atoms with van der Waals surface area (Å²) in [6, 6.07) is 7.39. The maximum Gasteiger partial charge on any atom is 0.311 e. The zero-order valence-corrected chi connectivity index (χ0v) is 7.10. The summed E-state index contributed by atoms with van der Waals surface area (Å²) in [6.07, 6.45) is 0.523. The first-order valence-electron chi connectivity index (χ1n) is 4.27. The summed E-state index contributed by atoms with van der Waals surface area (Å²) in [5.41, 5.74) is 7.67. The van der Waals surface area contributed by atoms with Gasteiger partial charge in [-0.25, -0.2) is 0 Å². The minimum atomic E-state index is -0.777. The number of carbonyl (C=O) groups is 1. The SMILES string of the molecule is NC1CC(C(=O)O)c2ccccc21. The maximum absolute atomic E-state index is 10.9. The highest BCUT2D eigenvalue weighted by Gasteiger charge is 2.32. The van der Waals surface area contributed by atoms with Gasteiger partial charge in [0, 0.05) is 6.04 Å². The Bertz CT molecular complexity index is 349. The van der Waals surface area contributed by atoms with Crippen LogP contribution in [0.1, 0.15) is 29.5 Å². The lowest BCUT2D eigenvalue weighted by Gasteiger charge is -2.03. The Labute approximate surface area is 76.2 Å². The largest absolute Gasteiger partial charge is 0.481 e. The molecule has 1 aromatic carbocycles. The van der Waals surface area contributed by atoms with E-state index in [0.717, 1.165) is 11.1 Å². The fraction of sp³-hybridized carbons (Fsp3) is 0.300. The van der Waals surface area contributed by atoms with Crippen LogP contribution in [0.25, 0.3) is 0 Å². The van der Waals surface area contributed by atoms with Crippen molar-refractivity contribution in [1.82, 2.24) is 0 Å². The lowest BCUT2D eigenvalue weighted by molar-refractivity contribution is -0.138. The van der Waals surface area contributed by atoms with Gasteiger partial charge in [-0.2, -0.15) is 0 Å². The first-order chi connectivity index (χ1) is 6.20. The van der Waals surface area contributed by atoms with Crippen LogP contribution in [0.4, 0.5) is 0 Å². The van der Waals surface area contributed by atoms with Gasteiger partial charge in [0.25, 0.3) is 0 Å². The molecule has 0 saturated heterocycles. The highest BCUT2D eigenvalue weighted by atomic mass is 16.4. The molecule has 3 nitrogen and oxygen atoms in total. The van der Waals surface area contributed by atoms with Gasteiger partial charge in [-0.1, -0.05) is 24.3 Å². The van der Waals surface area contributed by atoms with E-state index in [1.165, 1.54) is 0 Å². The predicted molar refractivity (Wildman–Crippen MR) is 48.4 cm³/mol. The van der Waals surface area contributed by atoms with Gasteiger partial charge in [-0.05, 0) is 17.5 Å². The van der Waals surface area contributed by atoms with Gasteiger partial charge >= 0.3 is 5.97 Å². The Morgan fingerprint density at radius 3 is 2.62 bits per heavy atom. The molecule has 2 unspecified atom stereocenters. The third-order valence-corrected chi connectivity index (χ3v) is 2.56. The van der Waals surface area contributed by atoms with E-state index in [0.29, 0.717) is 6.42 Å². The van der Waals surface area contributed by atoms with Crippen molar-refractivity contribution in [3.05, 3.63) is 35.4 Å². The van der Waals surface area contributed by atoms with Crippen LogP contribution in [0.3, 0.4) is 0 Å². The Morgan fingerprint density at radius 1 is 1.38 bits per heavy atom. The molecular weight excluding hydrogens is 166 g/mol. The van der Waals surface area contributed by atoms with Gasteiger partial charge in [0.05, 0.1) is 5.92 Å². The summed E-state index contributed by atoms with van der Waals surface area (Å²) in [5, 5.41) is 8.92. The minimum absolute atomic E-state index is 0.114. The molecule has 3 heteroatoms. The molecule has 2 rings (SSSR count). The van der Waals surface area contributed by atoms with Crippen molar-refractivity contribution in [2.75, 3.05) is 0 Å². The molecule has 3 N–H and O–H groups in total. The second kappa shape index (κ2) is 2.85. The van der Waals surface area contributed by atoms with Gasteiger partial charge in [-0.15, -0.1) is 0 Å². The van der Waals surface area contributed by atoms with Crippen LogP contribution in [-0.4, -0.2) is 11.1 Å². The van der Waals surface area contributed by atoms with Crippen LogP contribution in [0.2, 0.25) is 0 Å². The second-order valence-corrected chi connectivity index (χ2v) is 3.36. The highest BCUT2D eigenvalue weighted by Crippen LogP contribution is 2.38. The smallest absolute Gasteiger partial charge is 0.311 e. The molecule has 0 spiro atoms. The van der Waals surface area contributed by atoms with Crippen LogP contribution >= 0.6 is 0 Å². The quantitative estimate of drug-likeness (QED) is 0.678. The van der Waals surface area contributed by atoms with Crippen LogP contribution in [-0.2, 0) is 4.79 Å². The van der Waals surface area contributed by atoms with Crippen molar-refractivity contribution in [3.63, 3.8) is 0 Å². The van der Waals surface area contributed by atoms with E-state index in [2.05, 4.69) is 0 Å². The average Bonchev–Trinajstić information content (AvgIpc) is 2.45. The molecule has 0 bridgehead atoms. The Hall–Kier alpha value is -1.35. The number of hydrogen-bond donors (Lipinski definition) is 2. The van der Waals surface area contributed by atoms with Gasteiger partial charge in [0.1, 0.15) is 0 Å². The van der Waals surface area contributed by atoms with Crippen LogP contribution in [0, 0.1) is 0 Å². The molecule has 0 fully saturated rings. The molecule has 13 heavy (non-hydrogen) atoms. The van der Waals surface area contributed by atoms with E-state index in [1.807, 2.05) is 24.3 Å². The van der Waals surface area contributed by atoms with Crippen LogP contribution < -0.4 is 5.73 Å². The Balaban J connectivity index is 2.47. The van der Waals surface area contributed by atoms with Crippen LogP contribution in [0.5, 0.6) is 0 Å². The maximum atomic E-state index is 10.9. The molecule has 0 saturated carbocycles. The lowest BCUT2D eigenvalue weighted by Crippen LogP contribution is -2.10. The summed E-state index contributed by atoms with van der Waals surface area (Å²) in [4.78, 5) is 10.9. The van der Waals surface area contributed by atoms with E-state index in [-0.39, 0.29) is 6.04 Å². The van der Waals surface area contributed by atoms with Gasteiger partial charge in [-0.3, -0.25) is 4.79 Å². The second-order valence-electron chi connectivity index (χ2n) is 3.36. The molecule has 1 aliphatic carbocycles. The highest BCUT2D eigenvalue weighted by molar-refractivity contribution is 5.78. The molecule has 0 aromatic heterocycles. The Morgan fingerprint density at radius 2 is 2.00 bits per heavy atom. The predicted octanol–water partition coefficient (Wildman–Crippen LogP) is 1.26. The summed E-state index contributed by atoms with van der Waals surface area (Å²) < 4.78 is 0. The molecule has 1 aliphatic rings. The summed E-state index contributed by atoms with van der Waals surface area (Å²) in [5.74, 6) is -1.19. The number of aliphatic carboxylic acids is 1. The average molecular weight is 177 g/mol. The number of carboxylic acids is 1. The van der Waals surface area contributed by atoms with Crippen LogP contribution in [0.15, 0.2) is 24.3 Å². The van der Waals surface area contributed by atoms with Crippen molar-refractivity contribution in [3.8, 4) is 0 Å². The topological polar surface area (TPSA) is 63.3 Å². The van der Waals surface area contributed by atoms with E-state index in [9.17, 15) is 4.79 Å². The van der Waals surface area contributed by atoms with Crippen molar-refractivity contribution < 1.29 is 9.90 Å².